The molecule has 0 saturated heterocycles. The lowest BCUT2D eigenvalue weighted by molar-refractivity contribution is 0.283. The van der Waals surface area contributed by atoms with Gasteiger partial charge in [-0.1, -0.05) is 40.2 Å². The summed E-state index contributed by atoms with van der Waals surface area (Å²) in [5, 5.41) is 8.70. The minimum absolute atomic E-state index is 0.143. The Balaban J connectivity index is 2.02. The molecular weight excluding hydrogens is 378 g/mol. The van der Waals surface area contributed by atoms with Crippen molar-refractivity contribution < 1.29 is 13.5 Å². The first-order valence-electron chi connectivity index (χ1n) is 7.49. The van der Waals surface area contributed by atoms with Crippen molar-refractivity contribution in [2.45, 2.75) is 24.2 Å². The molecular formula is C17H20BrNO3S. The summed E-state index contributed by atoms with van der Waals surface area (Å²) >= 11 is 3.39. The molecule has 0 heterocycles. The largest absolute Gasteiger partial charge is 0.396 e. The fourth-order valence-corrected chi connectivity index (χ4v) is 3.51. The van der Waals surface area contributed by atoms with Gasteiger partial charge in [-0.15, -0.1) is 0 Å². The Hall–Kier alpha value is -1.21. The third-order valence-corrected chi connectivity index (χ3v) is 5.47. The minimum atomic E-state index is -3.47. The smallest absolute Gasteiger partial charge is 0.240 e. The van der Waals surface area contributed by atoms with Crippen molar-refractivity contribution in [3.63, 3.8) is 0 Å². The third kappa shape index (κ3) is 5.42. The zero-order valence-corrected chi connectivity index (χ0v) is 15.1. The Kier molecular flexibility index (Phi) is 6.77. The predicted octanol–water partition coefficient (Wildman–Crippen LogP) is 3.56. The molecule has 0 aliphatic carbocycles. The van der Waals surface area contributed by atoms with E-state index in [1.807, 2.05) is 36.4 Å². The summed E-state index contributed by atoms with van der Waals surface area (Å²) in [7, 11) is -3.47. The molecule has 0 aliphatic heterocycles. The number of hydrogen-bond acceptors (Lipinski definition) is 3. The van der Waals surface area contributed by atoms with Crippen LogP contribution in [0.15, 0.2) is 57.9 Å². The van der Waals surface area contributed by atoms with Crippen LogP contribution in [0.25, 0.3) is 11.1 Å². The van der Waals surface area contributed by atoms with Gasteiger partial charge in [0.05, 0.1) is 4.90 Å². The molecule has 2 aromatic rings. The number of halogens is 1. The molecule has 0 atom stereocenters. The fraction of sp³-hybridized carbons (Fsp3) is 0.294. The monoisotopic (exact) mass is 397 g/mol. The molecule has 0 saturated carbocycles. The molecule has 124 valence electrons. The summed E-state index contributed by atoms with van der Waals surface area (Å²) < 4.78 is 28.0. The van der Waals surface area contributed by atoms with E-state index in [4.69, 9.17) is 5.11 Å². The molecule has 2 rings (SSSR count). The molecule has 0 aromatic heterocycles. The maximum atomic E-state index is 12.2. The first kappa shape index (κ1) is 18.1. The van der Waals surface area contributed by atoms with E-state index in [2.05, 4.69) is 20.7 Å². The molecule has 2 aromatic carbocycles. The number of aliphatic hydroxyl groups excluding tert-OH is 1. The second-order valence-corrected chi connectivity index (χ2v) is 7.90. The molecule has 0 fully saturated rings. The van der Waals surface area contributed by atoms with Crippen molar-refractivity contribution in [1.82, 2.24) is 4.72 Å². The average molecular weight is 398 g/mol. The summed E-state index contributed by atoms with van der Waals surface area (Å²) in [6, 6.07) is 14.7. The molecule has 6 heteroatoms. The standard InChI is InChI=1S/C17H20BrNO3S/c18-16-8-4-14(5-9-16)15-6-10-17(11-7-15)23(21,22)19-12-2-1-3-13-20/h4-11,19-20H,1-3,12-13H2. The van der Waals surface area contributed by atoms with Crippen molar-refractivity contribution in [2.75, 3.05) is 13.2 Å². The van der Waals surface area contributed by atoms with Crippen molar-refractivity contribution in [3.8, 4) is 11.1 Å². The van der Waals surface area contributed by atoms with Crippen molar-refractivity contribution in [2.24, 2.45) is 0 Å². The summed E-state index contributed by atoms with van der Waals surface area (Å²) in [6.07, 6.45) is 2.22. The molecule has 0 aliphatic rings. The second-order valence-electron chi connectivity index (χ2n) is 5.21. The van der Waals surface area contributed by atoms with Gasteiger partial charge in [-0.3, -0.25) is 0 Å². The number of aliphatic hydroxyl groups is 1. The zero-order valence-electron chi connectivity index (χ0n) is 12.7. The number of nitrogens with one attached hydrogen (secondary N) is 1. The highest BCUT2D eigenvalue weighted by molar-refractivity contribution is 9.10. The van der Waals surface area contributed by atoms with E-state index in [0.29, 0.717) is 13.0 Å². The van der Waals surface area contributed by atoms with Crippen molar-refractivity contribution in [1.29, 1.82) is 0 Å². The molecule has 4 nitrogen and oxygen atoms in total. The van der Waals surface area contributed by atoms with Gasteiger partial charge < -0.3 is 5.11 Å². The van der Waals surface area contributed by atoms with Gasteiger partial charge in [-0.2, -0.15) is 0 Å². The van der Waals surface area contributed by atoms with E-state index >= 15 is 0 Å². The van der Waals surface area contributed by atoms with Gasteiger partial charge in [0, 0.05) is 17.6 Å². The predicted molar refractivity (Wildman–Crippen MR) is 95.7 cm³/mol. The Morgan fingerprint density at radius 2 is 1.43 bits per heavy atom. The quantitative estimate of drug-likeness (QED) is 0.669. The number of unbranched alkanes of at least 4 members (excludes halogenated alkanes) is 2. The van der Waals surface area contributed by atoms with E-state index in [9.17, 15) is 8.42 Å². The minimum Gasteiger partial charge on any atom is -0.396 e. The molecule has 23 heavy (non-hydrogen) atoms. The summed E-state index contributed by atoms with van der Waals surface area (Å²) in [5.74, 6) is 0. The van der Waals surface area contributed by atoms with Gasteiger partial charge in [-0.05, 0) is 54.7 Å². The maximum absolute atomic E-state index is 12.2. The number of sulfonamides is 1. The van der Waals surface area contributed by atoms with Gasteiger partial charge in [0.15, 0.2) is 0 Å². The van der Waals surface area contributed by atoms with Gasteiger partial charge in [0.1, 0.15) is 0 Å². The average Bonchev–Trinajstić information content (AvgIpc) is 2.55. The highest BCUT2D eigenvalue weighted by Crippen LogP contribution is 2.23. The van der Waals surface area contributed by atoms with Crippen LogP contribution in [0.1, 0.15) is 19.3 Å². The SMILES string of the molecule is O=S(=O)(NCCCCCO)c1ccc(-c2ccc(Br)cc2)cc1. The lowest BCUT2D eigenvalue weighted by Crippen LogP contribution is -2.24. The Bertz CT molecular complexity index is 713. The number of hydrogen-bond donors (Lipinski definition) is 2. The summed E-state index contributed by atoms with van der Waals surface area (Å²) in [5.41, 5.74) is 2.01. The maximum Gasteiger partial charge on any atom is 0.240 e. The first-order valence-corrected chi connectivity index (χ1v) is 9.77. The van der Waals surface area contributed by atoms with Crippen LogP contribution in [0.5, 0.6) is 0 Å². The molecule has 0 radical (unpaired) electrons. The molecule has 0 spiro atoms. The third-order valence-electron chi connectivity index (χ3n) is 3.47. The van der Waals surface area contributed by atoms with Crippen molar-refractivity contribution >= 4 is 26.0 Å². The van der Waals surface area contributed by atoms with E-state index < -0.39 is 10.0 Å². The van der Waals surface area contributed by atoms with Crippen LogP contribution in [0.3, 0.4) is 0 Å². The zero-order chi connectivity index (χ0) is 16.7. The molecule has 0 bridgehead atoms. The number of rotatable bonds is 8. The van der Waals surface area contributed by atoms with E-state index in [-0.39, 0.29) is 11.5 Å². The first-order chi connectivity index (χ1) is 11.0. The van der Waals surface area contributed by atoms with Crippen LogP contribution < -0.4 is 4.72 Å². The van der Waals surface area contributed by atoms with Gasteiger partial charge >= 0.3 is 0 Å². The van der Waals surface area contributed by atoms with Crippen LogP contribution in [-0.2, 0) is 10.0 Å². The van der Waals surface area contributed by atoms with Crippen molar-refractivity contribution in [3.05, 3.63) is 53.0 Å². The number of benzene rings is 2. The molecule has 0 amide bonds. The summed E-state index contributed by atoms with van der Waals surface area (Å²) in [4.78, 5) is 0.264. The van der Waals surface area contributed by atoms with Crippen LogP contribution in [0.4, 0.5) is 0 Å². The van der Waals surface area contributed by atoms with Crippen LogP contribution in [0, 0.1) is 0 Å². The van der Waals surface area contributed by atoms with Gasteiger partial charge in [-0.25, -0.2) is 13.1 Å². The Labute approximate surface area is 145 Å². The lowest BCUT2D eigenvalue weighted by atomic mass is 10.1. The Morgan fingerprint density at radius 1 is 0.870 bits per heavy atom. The topological polar surface area (TPSA) is 66.4 Å². The van der Waals surface area contributed by atoms with Crippen LogP contribution in [-0.4, -0.2) is 26.7 Å². The lowest BCUT2D eigenvalue weighted by Gasteiger charge is -2.08. The van der Waals surface area contributed by atoms with Crippen LogP contribution >= 0.6 is 15.9 Å². The van der Waals surface area contributed by atoms with Gasteiger partial charge in [0.25, 0.3) is 0 Å². The van der Waals surface area contributed by atoms with E-state index in [1.165, 1.54) is 0 Å². The molecule has 0 unspecified atom stereocenters. The van der Waals surface area contributed by atoms with E-state index in [1.54, 1.807) is 12.1 Å². The highest BCUT2D eigenvalue weighted by atomic mass is 79.9. The van der Waals surface area contributed by atoms with E-state index in [0.717, 1.165) is 28.4 Å². The van der Waals surface area contributed by atoms with Crippen LogP contribution in [0.2, 0.25) is 0 Å². The highest BCUT2D eigenvalue weighted by Gasteiger charge is 2.13. The fourth-order valence-electron chi connectivity index (χ4n) is 2.17. The van der Waals surface area contributed by atoms with Gasteiger partial charge in [0.2, 0.25) is 10.0 Å². The molecule has 2 N–H and O–H groups in total. The second kappa shape index (κ2) is 8.59. The normalized spacial score (nSPS) is 11.6. The Morgan fingerprint density at radius 3 is 2.00 bits per heavy atom. The summed E-state index contributed by atoms with van der Waals surface area (Å²) in [6.45, 7) is 0.529.